The van der Waals surface area contributed by atoms with E-state index in [1.807, 2.05) is 19.9 Å². The maximum Gasteiger partial charge on any atom is 0.0684 e. The van der Waals surface area contributed by atoms with Crippen LogP contribution in [0.25, 0.3) is 5.57 Å². The molecule has 4 atom stereocenters. The Balaban J connectivity index is 1.77. The van der Waals surface area contributed by atoms with Crippen LogP contribution in [-0.2, 0) is 13.0 Å². The highest BCUT2D eigenvalue weighted by molar-refractivity contribution is 5.70. The van der Waals surface area contributed by atoms with Gasteiger partial charge in [0, 0.05) is 6.61 Å². The van der Waals surface area contributed by atoms with Crippen LogP contribution >= 0.6 is 0 Å². The minimum absolute atomic E-state index is 0.0278. The second-order valence-corrected chi connectivity index (χ2v) is 10.7. The molecule has 3 nitrogen and oxygen atoms in total. The van der Waals surface area contributed by atoms with Crippen LogP contribution in [0, 0.1) is 23.2 Å². The molecule has 0 aromatic heterocycles. The van der Waals surface area contributed by atoms with Gasteiger partial charge in [-0.2, -0.15) is 0 Å². The van der Waals surface area contributed by atoms with E-state index in [0.29, 0.717) is 23.7 Å². The summed E-state index contributed by atoms with van der Waals surface area (Å²) in [4.78, 5) is 0. The summed E-state index contributed by atoms with van der Waals surface area (Å²) in [6, 6.07) is 6.42. The molecule has 168 valence electrons. The molecule has 1 aromatic rings. The Labute approximate surface area is 183 Å². The van der Waals surface area contributed by atoms with E-state index in [1.165, 1.54) is 36.8 Å². The van der Waals surface area contributed by atoms with Gasteiger partial charge < -0.3 is 15.3 Å². The third-order valence-electron chi connectivity index (χ3n) is 8.06. The summed E-state index contributed by atoms with van der Waals surface area (Å²) < 4.78 is 0. The average molecular weight is 415 g/mol. The van der Waals surface area contributed by atoms with Gasteiger partial charge in [0.2, 0.25) is 0 Å². The molecule has 3 heteroatoms. The Hall–Kier alpha value is -1.16. The van der Waals surface area contributed by atoms with Crippen molar-refractivity contribution in [2.24, 2.45) is 23.2 Å². The van der Waals surface area contributed by atoms with Gasteiger partial charge in [-0.3, -0.25) is 0 Å². The Bertz CT molecular complexity index is 745. The van der Waals surface area contributed by atoms with E-state index < -0.39 is 5.60 Å². The van der Waals surface area contributed by atoms with Crippen LogP contribution in [0.15, 0.2) is 24.3 Å². The third-order valence-corrected chi connectivity index (χ3v) is 8.06. The molecule has 0 amide bonds. The van der Waals surface area contributed by atoms with Crippen molar-refractivity contribution in [1.29, 1.82) is 0 Å². The van der Waals surface area contributed by atoms with Crippen molar-refractivity contribution in [1.82, 2.24) is 0 Å². The molecule has 0 radical (unpaired) electrons. The molecule has 1 saturated carbocycles. The maximum atomic E-state index is 10.1. The molecule has 0 aliphatic heterocycles. The van der Waals surface area contributed by atoms with Crippen molar-refractivity contribution in [2.45, 2.75) is 91.3 Å². The summed E-state index contributed by atoms with van der Waals surface area (Å²) in [5.41, 5.74) is 4.54. The quantitative estimate of drug-likeness (QED) is 0.500. The number of hydrogen-bond donors (Lipinski definition) is 3. The number of aliphatic hydroxyl groups is 3. The van der Waals surface area contributed by atoms with Crippen LogP contribution in [0.4, 0.5) is 0 Å². The SMILES string of the molecule is C[C@H](CCCC(C)(C)O)[C@H]1CC[C@H]2C(c3ccc(CO)c(CCO)c3)=CCC[C@]12C. The Morgan fingerprint density at radius 1 is 1.17 bits per heavy atom. The molecular formula is C27H42O3. The van der Waals surface area contributed by atoms with E-state index in [-0.39, 0.29) is 13.2 Å². The molecule has 0 saturated heterocycles. The highest BCUT2D eigenvalue weighted by atomic mass is 16.3. The van der Waals surface area contributed by atoms with Gasteiger partial charge in [-0.05, 0) is 97.8 Å². The predicted molar refractivity (Wildman–Crippen MR) is 124 cm³/mol. The molecule has 3 N–H and O–H groups in total. The van der Waals surface area contributed by atoms with E-state index in [1.54, 1.807) is 0 Å². The molecule has 0 unspecified atom stereocenters. The molecule has 0 heterocycles. The van der Waals surface area contributed by atoms with Crippen molar-refractivity contribution >= 4 is 5.57 Å². The first-order valence-corrected chi connectivity index (χ1v) is 12.0. The van der Waals surface area contributed by atoms with Gasteiger partial charge in [-0.15, -0.1) is 0 Å². The van der Waals surface area contributed by atoms with Gasteiger partial charge >= 0.3 is 0 Å². The predicted octanol–water partition coefficient (Wildman–Crippen LogP) is 5.50. The lowest BCUT2D eigenvalue weighted by Crippen LogP contribution is -2.35. The Morgan fingerprint density at radius 2 is 1.93 bits per heavy atom. The smallest absolute Gasteiger partial charge is 0.0684 e. The van der Waals surface area contributed by atoms with Crippen LogP contribution in [0.5, 0.6) is 0 Å². The molecule has 1 fully saturated rings. The van der Waals surface area contributed by atoms with E-state index in [0.717, 1.165) is 36.3 Å². The second-order valence-electron chi connectivity index (χ2n) is 10.7. The largest absolute Gasteiger partial charge is 0.396 e. The monoisotopic (exact) mass is 414 g/mol. The molecule has 30 heavy (non-hydrogen) atoms. The summed E-state index contributed by atoms with van der Waals surface area (Å²) in [5.74, 6) is 2.01. The number of benzene rings is 1. The fraction of sp³-hybridized carbons (Fsp3) is 0.704. The topological polar surface area (TPSA) is 60.7 Å². The van der Waals surface area contributed by atoms with Crippen LogP contribution in [0.3, 0.4) is 0 Å². The minimum atomic E-state index is -0.560. The van der Waals surface area contributed by atoms with Crippen molar-refractivity contribution in [3.63, 3.8) is 0 Å². The van der Waals surface area contributed by atoms with Crippen molar-refractivity contribution in [3.05, 3.63) is 41.0 Å². The first kappa shape index (κ1) is 23.5. The van der Waals surface area contributed by atoms with Crippen molar-refractivity contribution < 1.29 is 15.3 Å². The lowest BCUT2D eigenvalue weighted by atomic mass is 9.61. The van der Waals surface area contributed by atoms with Crippen molar-refractivity contribution in [2.75, 3.05) is 6.61 Å². The van der Waals surface area contributed by atoms with E-state index in [9.17, 15) is 15.3 Å². The number of rotatable bonds is 9. The standard InChI is InChI=1S/C27H42O3/c1-19(7-5-14-26(2,3)30)24-11-12-25-23(8-6-15-27(24,25)4)21-9-10-22(18-29)20(17-21)13-16-28/h8-10,17,19,24-25,28-30H,5-7,11-16,18H2,1-4H3/t19-,24-,25+,27-/m1/s1. The second kappa shape index (κ2) is 9.54. The first-order valence-electron chi connectivity index (χ1n) is 12.0. The summed E-state index contributed by atoms with van der Waals surface area (Å²) in [5, 5.41) is 29.1. The van der Waals surface area contributed by atoms with Crippen molar-refractivity contribution in [3.8, 4) is 0 Å². The van der Waals surface area contributed by atoms with Crippen LogP contribution in [0.2, 0.25) is 0 Å². The van der Waals surface area contributed by atoms with Gasteiger partial charge in [0.1, 0.15) is 0 Å². The van der Waals surface area contributed by atoms with Gasteiger partial charge in [0.15, 0.2) is 0 Å². The highest BCUT2D eigenvalue weighted by Crippen LogP contribution is 2.60. The molecule has 1 aromatic carbocycles. The number of fused-ring (bicyclic) bond motifs is 1. The molecule has 0 bridgehead atoms. The molecule has 2 aliphatic rings. The minimum Gasteiger partial charge on any atom is -0.396 e. The maximum absolute atomic E-state index is 10.1. The molecule has 3 rings (SSSR count). The lowest BCUT2D eigenvalue weighted by Gasteiger charge is -2.43. The summed E-state index contributed by atoms with van der Waals surface area (Å²) in [6.07, 6.45) is 11.1. The average Bonchev–Trinajstić information content (AvgIpc) is 3.04. The first-order chi connectivity index (χ1) is 14.2. The van der Waals surface area contributed by atoms with E-state index >= 15 is 0 Å². The van der Waals surface area contributed by atoms with E-state index in [4.69, 9.17) is 0 Å². The highest BCUT2D eigenvalue weighted by Gasteiger charge is 2.50. The van der Waals surface area contributed by atoms with Gasteiger partial charge in [-0.25, -0.2) is 0 Å². The van der Waals surface area contributed by atoms with Gasteiger partial charge in [-0.1, -0.05) is 51.0 Å². The van der Waals surface area contributed by atoms with Crippen LogP contribution in [-0.4, -0.2) is 27.5 Å². The Morgan fingerprint density at radius 3 is 2.60 bits per heavy atom. The normalized spacial score (nSPS) is 27.6. The molecule has 0 spiro atoms. The number of aliphatic hydroxyl groups excluding tert-OH is 2. The fourth-order valence-electron chi connectivity index (χ4n) is 6.44. The van der Waals surface area contributed by atoms with E-state index in [2.05, 4.69) is 32.1 Å². The summed E-state index contributed by atoms with van der Waals surface area (Å²) >= 11 is 0. The zero-order valence-electron chi connectivity index (χ0n) is 19.5. The van der Waals surface area contributed by atoms with Crippen LogP contribution < -0.4 is 0 Å². The van der Waals surface area contributed by atoms with Gasteiger partial charge in [0.25, 0.3) is 0 Å². The van der Waals surface area contributed by atoms with Crippen LogP contribution in [0.1, 0.15) is 89.3 Å². The summed E-state index contributed by atoms with van der Waals surface area (Å²) in [6.45, 7) is 8.91. The zero-order valence-corrected chi connectivity index (χ0v) is 19.5. The molecule has 2 aliphatic carbocycles. The molecular weight excluding hydrogens is 372 g/mol. The fourth-order valence-corrected chi connectivity index (χ4v) is 6.44. The Kier molecular flexibility index (Phi) is 7.48. The third kappa shape index (κ3) is 5.00. The number of allylic oxidation sites excluding steroid dienone is 2. The summed E-state index contributed by atoms with van der Waals surface area (Å²) in [7, 11) is 0. The lowest BCUT2D eigenvalue weighted by molar-refractivity contribution is 0.0620. The van der Waals surface area contributed by atoms with Gasteiger partial charge in [0.05, 0.1) is 12.2 Å². The number of hydrogen-bond acceptors (Lipinski definition) is 3. The zero-order chi connectivity index (χ0) is 21.9.